The normalized spacial score (nSPS) is 19.2. The molecular formula is C16H2Cl8F20O4. The number of rotatable bonds is 12. The van der Waals surface area contributed by atoms with Crippen molar-refractivity contribution < 1.29 is 107 Å². The van der Waals surface area contributed by atoms with Gasteiger partial charge < -0.3 is 0 Å². The lowest BCUT2D eigenvalue weighted by atomic mass is 9.95. The standard InChI is InChI=1S/C16H2Cl8F20O4/c17-1(9(29,30)31)5(19,20)11(23,35)15(41,42)13(37,38)7(25,26)3(45)47-48-4(46)8(27,28)14(39,40)16(43,44)12(24,36)6(21,22)2(18)10(32,33)34/h1-2H. The molecule has 0 saturated heterocycles. The molecule has 0 heterocycles. The number of carbonyl (C=O) groups excluding carboxylic acids is 2. The maximum atomic E-state index is 14.5. The van der Waals surface area contributed by atoms with Crippen molar-refractivity contribution in [3.8, 4) is 0 Å². The highest BCUT2D eigenvalue weighted by Crippen LogP contribution is 2.64. The Bertz CT molecular complexity index is 1130. The number of hydrogen-bond donors (Lipinski definition) is 0. The van der Waals surface area contributed by atoms with Gasteiger partial charge in [-0.15, -0.1) is 23.2 Å². The monoisotopic (exact) mass is 918 g/mol. The topological polar surface area (TPSA) is 52.6 Å². The molecule has 0 radical (unpaired) electrons. The third kappa shape index (κ3) is 7.25. The van der Waals surface area contributed by atoms with Gasteiger partial charge in [0.1, 0.15) is 0 Å². The third-order valence-corrected chi connectivity index (χ3v) is 10.1. The second-order valence-electron chi connectivity index (χ2n) is 8.39. The summed E-state index contributed by atoms with van der Waals surface area (Å²) in [6.07, 6.45) is -12.5. The van der Waals surface area contributed by atoms with Crippen molar-refractivity contribution in [3.05, 3.63) is 0 Å². The van der Waals surface area contributed by atoms with E-state index in [2.05, 4.69) is 103 Å². The van der Waals surface area contributed by atoms with Crippen LogP contribution in [0.3, 0.4) is 0 Å². The molecule has 0 bridgehead atoms. The molecule has 0 aliphatic carbocycles. The van der Waals surface area contributed by atoms with Crippen LogP contribution in [0.5, 0.6) is 0 Å². The molecule has 48 heavy (non-hydrogen) atoms. The minimum Gasteiger partial charge on any atom is -0.240 e. The molecule has 0 saturated carbocycles. The summed E-state index contributed by atoms with van der Waals surface area (Å²) < 4.78 is 263. The predicted octanol–water partition coefficient (Wildman–Crippen LogP) is 10.3. The third-order valence-electron chi connectivity index (χ3n) is 5.12. The van der Waals surface area contributed by atoms with E-state index in [1.807, 2.05) is 0 Å². The van der Waals surface area contributed by atoms with Crippen LogP contribution >= 0.6 is 92.8 Å². The zero-order valence-corrected chi connectivity index (χ0v) is 26.4. The van der Waals surface area contributed by atoms with E-state index in [0.29, 0.717) is 0 Å². The van der Waals surface area contributed by atoms with E-state index < -0.39 is 89.5 Å². The zero-order valence-electron chi connectivity index (χ0n) is 20.4. The molecule has 0 aromatic rings. The van der Waals surface area contributed by atoms with Gasteiger partial charge in [-0.2, -0.15) is 79.0 Å². The molecule has 0 fully saturated rings. The highest BCUT2D eigenvalue weighted by molar-refractivity contribution is 6.57. The molecule has 0 rings (SSSR count). The Balaban J connectivity index is 6.55. The van der Waals surface area contributed by atoms with Gasteiger partial charge in [0.25, 0.3) is 10.3 Å². The Kier molecular flexibility index (Phi) is 13.3. The molecule has 32 heteroatoms. The maximum absolute atomic E-state index is 14.5. The fourth-order valence-electron chi connectivity index (χ4n) is 2.37. The van der Waals surface area contributed by atoms with Crippen molar-refractivity contribution in [2.75, 3.05) is 0 Å². The molecule has 0 spiro atoms. The summed E-state index contributed by atoms with van der Waals surface area (Å²) >= 11 is 35.5. The van der Waals surface area contributed by atoms with Gasteiger partial charge in [-0.25, -0.2) is 28.1 Å². The van der Waals surface area contributed by atoms with Crippen molar-refractivity contribution in [1.82, 2.24) is 0 Å². The average Bonchev–Trinajstić information content (AvgIpc) is 2.88. The van der Waals surface area contributed by atoms with E-state index in [4.69, 9.17) is 0 Å². The number of carbonyl (C=O) groups is 2. The van der Waals surface area contributed by atoms with Crippen molar-refractivity contribution in [1.29, 1.82) is 0 Å². The average molecular weight is 922 g/mol. The van der Waals surface area contributed by atoms with Gasteiger partial charge in [-0.1, -0.05) is 69.6 Å². The van der Waals surface area contributed by atoms with Gasteiger partial charge in [0.15, 0.2) is 19.4 Å². The van der Waals surface area contributed by atoms with E-state index in [9.17, 15) is 97.4 Å². The second-order valence-corrected chi connectivity index (χ2v) is 13.1. The number of halogens is 28. The molecular weight excluding hydrogens is 920 g/mol. The molecule has 4 atom stereocenters. The van der Waals surface area contributed by atoms with Crippen LogP contribution in [0.25, 0.3) is 0 Å². The van der Waals surface area contributed by atoms with Gasteiger partial charge in [-0.3, -0.25) is 0 Å². The van der Waals surface area contributed by atoms with Crippen LogP contribution in [-0.4, -0.2) is 89.5 Å². The Morgan fingerprint density at radius 3 is 0.750 bits per heavy atom. The minimum absolute atomic E-state index is 2.18. The number of hydrogen-bond acceptors (Lipinski definition) is 4. The van der Waals surface area contributed by atoms with Crippen LogP contribution in [0.4, 0.5) is 87.8 Å². The first kappa shape index (κ1) is 47.9. The minimum atomic E-state index is -7.97. The summed E-state index contributed by atoms with van der Waals surface area (Å²) in [5.41, 5.74) is 0. The summed E-state index contributed by atoms with van der Waals surface area (Å²) in [7, 11) is 0. The predicted molar refractivity (Wildman–Crippen MR) is 122 cm³/mol. The molecule has 286 valence electrons. The van der Waals surface area contributed by atoms with Crippen molar-refractivity contribution in [2.24, 2.45) is 0 Å². The Hall–Kier alpha value is -0.140. The first-order valence-electron chi connectivity index (χ1n) is 9.99. The molecule has 4 nitrogen and oxygen atoms in total. The smallest absolute Gasteiger partial charge is 0.240 e. The van der Waals surface area contributed by atoms with E-state index in [-0.39, 0.29) is 0 Å². The lowest BCUT2D eigenvalue weighted by molar-refractivity contribution is -0.358. The van der Waals surface area contributed by atoms with Gasteiger partial charge in [-0.05, 0) is 0 Å². The highest BCUT2D eigenvalue weighted by atomic mass is 35.5. The van der Waals surface area contributed by atoms with Gasteiger partial charge in [0, 0.05) is 0 Å². The summed E-state index contributed by atoms with van der Waals surface area (Å²) in [6.45, 7) is 0. The summed E-state index contributed by atoms with van der Waals surface area (Å²) in [4.78, 5) is 26.9. The van der Waals surface area contributed by atoms with E-state index >= 15 is 0 Å². The van der Waals surface area contributed by atoms with Crippen LogP contribution in [0.15, 0.2) is 0 Å². The van der Waals surface area contributed by atoms with Crippen LogP contribution in [-0.2, 0) is 19.4 Å². The van der Waals surface area contributed by atoms with Gasteiger partial charge >= 0.3 is 59.8 Å². The lowest BCUT2D eigenvalue weighted by Crippen LogP contribution is -2.70. The van der Waals surface area contributed by atoms with Crippen LogP contribution in [0.2, 0.25) is 0 Å². The zero-order chi connectivity index (χ0) is 39.7. The van der Waals surface area contributed by atoms with E-state index in [0.717, 1.165) is 0 Å². The lowest BCUT2D eigenvalue weighted by Gasteiger charge is -2.43. The van der Waals surface area contributed by atoms with Crippen LogP contribution < -0.4 is 0 Å². The maximum Gasteiger partial charge on any atom is 0.431 e. The van der Waals surface area contributed by atoms with Crippen LogP contribution in [0.1, 0.15) is 0 Å². The highest BCUT2D eigenvalue weighted by Gasteiger charge is 2.89. The fourth-order valence-corrected chi connectivity index (χ4v) is 4.21. The van der Waals surface area contributed by atoms with E-state index in [1.165, 1.54) is 0 Å². The number of alkyl halides is 28. The Morgan fingerprint density at radius 2 is 0.583 bits per heavy atom. The van der Waals surface area contributed by atoms with Gasteiger partial charge in [0.05, 0.1) is 0 Å². The molecule has 0 aromatic heterocycles. The first-order valence-corrected chi connectivity index (χ1v) is 13.1. The van der Waals surface area contributed by atoms with Crippen molar-refractivity contribution in [2.45, 2.75) is 77.6 Å². The molecule has 0 aromatic carbocycles. The van der Waals surface area contributed by atoms with Crippen molar-refractivity contribution >= 4 is 105 Å². The van der Waals surface area contributed by atoms with Crippen LogP contribution in [0, 0.1) is 0 Å². The fraction of sp³-hybridized carbons (Fsp3) is 0.875. The summed E-state index contributed by atoms with van der Waals surface area (Å²) in [5, 5.41) is -22.1. The Labute approximate surface area is 288 Å². The molecule has 0 N–H and O–H groups in total. The SMILES string of the molecule is O=C(OOC(=O)C(F)(F)C(F)(F)C(F)(F)C(F)(Cl)C(Cl)(Cl)C(Cl)C(F)(F)F)C(F)(F)C(F)(F)C(F)(F)C(F)(Cl)C(Cl)(Cl)C(Cl)C(F)(F)F. The Morgan fingerprint density at radius 1 is 0.396 bits per heavy atom. The summed E-state index contributed by atoms with van der Waals surface area (Å²) in [6, 6.07) is 0. The van der Waals surface area contributed by atoms with E-state index in [1.54, 1.807) is 0 Å². The quantitative estimate of drug-likeness (QED) is 0.0847. The molecule has 0 aliphatic rings. The molecule has 0 amide bonds. The second kappa shape index (κ2) is 13.4. The largest absolute Gasteiger partial charge is 0.431 e. The summed E-state index contributed by atoms with van der Waals surface area (Å²) in [5.74, 6) is -56.0. The van der Waals surface area contributed by atoms with Crippen molar-refractivity contribution in [3.63, 3.8) is 0 Å². The van der Waals surface area contributed by atoms with Gasteiger partial charge in [0.2, 0.25) is 0 Å². The first-order chi connectivity index (χ1) is 20.4. The molecule has 0 aliphatic heterocycles. The molecule has 4 unspecified atom stereocenters.